The Bertz CT molecular complexity index is 1120. The van der Waals surface area contributed by atoms with Crippen molar-refractivity contribution in [2.24, 2.45) is 0 Å². The van der Waals surface area contributed by atoms with Crippen LogP contribution in [0.1, 0.15) is 11.1 Å². The smallest absolute Gasteiger partial charge is 0.143 e. The van der Waals surface area contributed by atoms with Crippen LogP contribution >= 0.6 is 11.6 Å². The van der Waals surface area contributed by atoms with Crippen molar-refractivity contribution in [1.29, 1.82) is 0 Å². The summed E-state index contributed by atoms with van der Waals surface area (Å²) in [5.41, 5.74) is 5.46. The molecule has 0 aliphatic heterocycles. The van der Waals surface area contributed by atoms with Gasteiger partial charge in [-0.25, -0.2) is 4.98 Å². The van der Waals surface area contributed by atoms with Crippen molar-refractivity contribution in [2.45, 2.75) is 13.8 Å². The van der Waals surface area contributed by atoms with Gasteiger partial charge in [0, 0.05) is 22.5 Å². The standard InChI is InChI=1S/C21H18ClN3O/c1-13-9-10-19-24-20(15-5-3-6-16(26)11-15)21(25(19)12-13)23-18-8-4-7-17(22)14(18)2/h3-12,23,26H,1-2H3. The van der Waals surface area contributed by atoms with Gasteiger partial charge in [0.2, 0.25) is 0 Å². The van der Waals surface area contributed by atoms with Crippen molar-refractivity contribution in [1.82, 2.24) is 9.38 Å². The lowest BCUT2D eigenvalue weighted by atomic mass is 10.1. The number of anilines is 2. The number of aryl methyl sites for hydroxylation is 1. The molecule has 4 aromatic rings. The fourth-order valence-corrected chi connectivity index (χ4v) is 3.17. The number of benzene rings is 2. The molecular formula is C21H18ClN3O. The molecule has 2 heterocycles. The largest absolute Gasteiger partial charge is 0.508 e. The summed E-state index contributed by atoms with van der Waals surface area (Å²) in [4.78, 5) is 4.77. The van der Waals surface area contributed by atoms with Gasteiger partial charge in [0.1, 0.15) is 22.9 Å². The average molecular weight is 364 g/mol. The molecule has 0 spiro atoms. The molecular weight excluding hydrogens is 346 g/mol. The van der Waals surface area contributed by atoms with E-state index in [4.69, 9.17) is 16.6 Å². The van der Waals surface area contributed by atoms with E-state index in [1.54, 1.807) is 12.1 Å². The van der Waals surface area contributed by atoms with E-state index in [-0.39, 0.29) is 5.75 Å². The van der Waals surface area contributed by atoms with Crippen LogP contribution in [0.4, 0.5) is 11.5 Å². The summed E-state index contributed by atoms with van der Waals surface area (Å²) in [5.74, 6) is 1.04. The van der Waals surface area contributed by atoms with Crippen LogP contribution in [0.2, 0.25) is 5.02 Å². The SMILES string of the molecule is Cc1ccc2nc(-c3cccc(O)c3)c(Nc3cccc(Cl)c3C)n2c1. The molecule has 2 aromatic carbocycles. The van der Waals surface area contributed by atoms with Gasteiger partial charge in [-0.15, -0.1) is 0 Å². The number of aromatic hydroxyl groups is 1. The summed E-state index contributed by atoms with van der Waals surface area (Å²) < 4.78 is 2.02. The summed E-state index contributed by atoms with van der Waals surface area (Å²) in [6.45, 7) is 4.02. The summed E-state index contributed by atoms with van der Waals surface area (Å²) in [7, 11) is 0. The van der Waals surface area contributed by atoms with Gasteiger partial charge >= 0.3 is 0 Å². The second-order valence-electron chi connectivity index (χ2n) is 6.33. The molecule has 0 aliphatic rings. The molecule has 0 aliphatic carbocycles. The van der Waals surface area contributed by atoms with E-state index in [2.05, 4.69) is 5.32 Å². The first-order valence-corrected chi connectivity index (χ1v) is 8.71. The zero-order chi connectivity index (χ0) is 18.3. The minimum Gasteiger partial charge on any atom is -0.508 e. The van der Waals surface area contributed by atoms with Gasteiger partial charge in [-0.05, 0) is 55.3 Å². The van der Waals surface area contributed by atoms with Gasteiger partial charge < -0.3 is 10.4 Å². The van der Waals surface area contributed by atoms with E-state index in [0.29, 0.717) is 5.02 Å². The number of nitrogens with zero attached hydrogens (tertiary/aromatic N) is 2. The van der Waals surface area contributed by atoms with Crippen LogP contribution in [0, 0.1) is 13.8 Å². The highest BCUT2D eigenvalue weighted by Gasteiger charge is 2.16. The maximum atomic E-state index is 9.88. The quantitative estimate of drug-likeness (QED) is 0.489. The molecule has 0 fully saturated rings. The van der Waals surface area contributed by atoms with Crippen LogP contribution in [0.15, 0.2) is 60.8 Å². The van der Waals surface area contributed by atoms with Crippen molar-refractivity contribution in [3.8, 4) is 17.0 Å². The highest BCUT2D eigenvalue weighted by atomic mass is 35.5. The molecule has 2 N–H and O–H groups in total. The van der Waals surface area contributed by atoms with Crippen LogP contribution in [0.3, 0.4) is 0 Å². The van der Waals surface area contributed by atoms with Crippen LogP contribution < -0.4 is 5.32 Å². The summed E-state index contributed by atoms with van der Waals surface area (Å²) >= 11 is 6.28. The molecule has 0 radical (unpaired) electrons. The van der Waals surface area contributed by atoms with Gasteiger partial charge in [-0.1, -0.05) is 35.9 Å². The maximum absolute atomic E-state index is 9.88. The molecule has 4 rings (SSSR count). The lowest BCUT2D eigenvalue weighted by Crippen LogP contribution is -1.99. The molecule has 26 heavy (non-hydrogen) atoms. The molecule has 130 valence electrons. The zero-order valence-corrected chi connectivity index (χ0v) is 15.2. The number of rotatable bonds is 3. The molecule has 0 saturated heterocycles. The lowest BCUT2D eigenvalue weighted by molar-refractivity contribution is 0.475. The van der Waals surface area contributed by atoms with Gasteiger partial charge in [0.25, 0.3) is 0 Å². The van der Waals surface area contributed by atoms with Crippen molar-refractivity contribution in [3.63, 3.8) is 0 Å². The Kier molecular flexibility index (Phi) is 4.05. The Labute approximate surface area is 156 Å². The van der Waals surface area contributed by atoms with E-state index in [9.17, 15) is 5.11 Å². The first-order valence-electron chi connectivity index (χ1n) is 8.33. The number of nitrogens with one attached hydrogen (secondary N) is 1. The molecule has 0 unspecified atom stereocenters. The van der Waals surface area contributed by atoms with Crippen LogP contribution in [0.25, 0.3) is 16.9 Å². The minimum atomic E-state index is 0.209. The third kappa shape index (κ3) is 2.89. The molecule has 2 aromatic heterocycles. The highest BCUT2D eigenvalue weighted by molar-refractivity contribution is 6.31. The molecule has 0 atom stereocenters. The number of halogens is 1. The van der Waals surface area contributed by atoms with E-state index in [0.717, 1.165) is 39.5 Å². The predicted octanol–water partition coefficient (Wildman–Crippen LogP) is 5.72. The monoisotopic (exact) mass is 363 g/mol. The number of phenols is 1. The Morgan fingerprint density at radius 1 is 1.04 bits per heavy atom. The Hall–Kier alpha value is -2.98. The minimum absolute atomic E-state index is 0.209. The number of hydrogen-bond acceptors (Lipinski definition) is 3. The van der Waals surface area contributed by atoms with Gasteiger partial charge in [0.05, 0.1) is 0 Å². The van der Waals surface area contributed by atoms with Gasteiger partial charge in [-0.2, -0.15) is 0 Å². The molecule has 4 nitrogen and oxygen atoms in total. The average Bonchev–Trinajstić information content (AvgIpc) is 2.97. The first-order chi connectivity index (χ1) is 12.5. The lowest BCUT2D eigenvalue weighted by Gasteiger charge is -2.12. The van der Waals surface area contributed by atoms with E-state index >= 15 is 0 Å². The number of phenolic OH excluding ortho intramolecular Hbond substituents is 1. The predicted molar refractivity (Wildman–Crippen MR) is 107 cm³/mol. The number of hydrogen-bond donors (Lipinski definition) is 2. The zero-order valence-electron chi connectivity index (χ0n) is 14.5. The second kappa shape index (κ2) is 6.39. The summed E-state index contributed by atoms with van der Waals surface area (Å²) in [5, 5.41) is 14.1. The molecule has 5 heteroatoms. The maximum Gasteiger partial charge on any atom is 0.143 e. The fourth-order valence-electron chi connectivity index (χ4n) is 3.00. The van der Waals surface area contributed by atoms with Crippen molar-refractivity contribution < 1.29 is 5.11 Å². The number of pyridine rings is 1. The van der Waals surface area contributed by atoms with Crippen molar-refractivity contribution >= 4 is 28.8 Å². The topological polar surface area (TPSA) is 49.6 Å². The molecule has 0 bridgehead atoms. The van der Waals surface area contributed by atoms with E-state index in [1.165, 1.54) is 0 Å². The third-order valence-corrected chi connectivity index (χ3v) is 4.82. The third-order valence-electron chi connectivity index (χ3n) is 4.41. The number of aromatic nitrogens is 2. The van der Waals surface area contributed by atoms with Crippen LogP contribution in [-0.2, 0) is 0 Å². The van der Waals surface area contributed by atoms with E-state index in [1.807, 2.05) is 66.9 Å². The van der Waals surface area contributed by atoms with Crippen molar-refractivity contribution in [3.05, 3.63) is 76.9 Å². The highest BCUT2D eigenvalue weighted by Crippen LogP contribution is 2.34. The normalized spacial score (nSPS) is 11.0. The van der Waals surface area contributed by atoms with Crippen molar-refractivity contribution in [2.75, 3.05) is 5.32 Å². The molecule has 0 saturated carbocycles. The first kappa shape index (κ1) is 16.5. The number of fused-ring (bicyclic) bond motifs is 1. The summed E-state index contributed by atoms with van der Waals surface area (Å²) in [6.07, 6.45) is 2.04. The Morgan fingerprint density at radius 2 is 1.85 bits per heavy atom. The second-order valence-corrected chi connectivity index (χ2v) is 6.74. The van der Waals surface area contributed by atoms with Crippen LogP contribution in [0.5, 0.6) is 5.75 Å². The van der Waals surface area contributed by atoms with Gasteiger partial charge in [0.15, 0.2) is 0 Å². The Balaban J connectivity index is 1.94. The fraction of sp³-hybridized carbons (Fsp3) is 0.0952. The molecule has 0 amide bonds. The van der Waals surface area contributed by atoms with Crippen LogP contribution in [-0.4, -0.2) is 14.5 Å². The summed E-state index contributed by atoms with van der Waals surface area (Å²) in [6, 6.07) is 16.9. The Morgan fingerprint density at radius 3 is 2.65 bits per heavy atom. The van der Waals surface area contributed by atoms with E-state index < -0.39 is 0 Å². The number of imidazole rings is 1. The van der Waals surface area contributed by atoms with Gasteiger partial charge in [-0.3, -0.25) is 4.40 Å².